The van der Waals surface area contributed by atoms with Gasteiger partial charge in [-0.25, -0.2) is 4.39 Å². The predicted octanol–water partition coefficient (Wildman–Crippen LogP) is 5.26. The average Bonchev–Trinajstić information content (AvgIpc) is 3.10. The molecule has 8 heteroatoms. The Bertz CT molecular complexity index is 966. The molecule has 0 aliphatic carbocycles. The number of amides is 2. The summed E-state index contributed by atoms with van der Waals surface area (Å²) in [6.07, 6.45) is 1.62. The molecule has 2 saturated heterocycles. The monoisotopic (exact) mass is 466 g/mol. The Labute approximate surface area is 189 Å². The third-order valence-electron chi connectivity index (χ3n) is 5.63. The summed E-state index contributed by atoms with van der Waals surface area (Å²) in [4.78, 5) is 28.8. The van der Waals surface area contributed by atoms with Crippen LogP contribution in [-0.2, 0) is 4.79 Å². The standard InChI is InChI=1S/C22H21Cl2FN2O2S/c23-18-5-4-16(11-19(18)24)22-27(20(28)13-30-22)12-14-6-8-26(9-7-14)21(29)15-2-1-3-17(25)10-15/h1-5,10-11,14,22H,6-9,12-13H2. The van der Waals surface area contributed by atoms with E-state index in [2.05, 4.69) is 0 Å². The molecule has 0 radical (unpaired) electrons. The van der Waals surface area contributed by atoms with Crippen LogP contribution in [0.25, 0.3) is 0 Å². The molecule has 4 nitrogen and oxygen atoms in total. The van der Waals surface area contributed by atoms with Crippen LogP contribution in [0.2, 0.25) is 10.0 Å². The molecule has 30 heavy (non-hydrogen) atoms. The minimum atomic E-state index is -0.408. The Morgan fingerprint density at radius 1 is 1.10 bits per heavy atom. The largest absolute Gasteiger partial charge is 0.339 e. The fourth-order valence-corrected chi connectivity index (χ4v) is 5.49. The van der Waals surface area contributed by atoms with Gasteiger partial charge in [-0.2, -0.15) is 0 Å². The van der Waals surface area contributed by atoms with Crippen molar-refractivity contribution < 1.29 is 14.0 Å². The molecule has 0 spiro atoms. The Morgan fingerprint density at radius 2 is 1.87 bits per heavy atom. The molecule has 0 bridgehead atoms. The molecule has 1 atom stereocenters. The Hall–Kier alpha value is -1.76. The number of halogens is 3. The quantitative estimate of drug-likeness (QED) is 0.616. The zero-order valence-electron chi connectivity index (χ0n) is 16.2. The lowest BCUT2D eigenvalue weighted by Gasteiger charge is -2.35. The van der Waals surface area contributed by atoms with E-state index in [1.807, 2.05) is 17.0 Å². The second-order valence-electron chi connectivity index (χ2n) is 7.63. The highest BCUT2D eigenvalue weighted by molar-refractivity contribution is 8.00. The molecular formula is C22H21Cl2FN2O2S. The van der Waals surface area contributed by atoms with E-state index < -0.39 is 5.82 Å². The van der Waals surface area contributed by atoms with E-state index in [0.717, 1.165) is 18.4 Å². The second-order valence-corrected chi connectivity index (χ2v) is 9.51. The second kappa shape index (κ2) is 9.16. The summed E-state index contributed by atoms with van der Waals surface area (Å²) in [5.41, 5.74) is 1.35. The number of carbonyl (C=O) groups excluding carboxylic acids is 2. The number of nitrogens with zero attached hydrogens (tertiary/aromatic N) is 2. The van der Waals surface area contributed by atoms with Crippen molar-refractivity contribution in [1.29, 1.82) is 0 Å². The first-order valence-electron chi connectivity index (χ1n) is 9.83. The van der Waals surface area contributed by atoms with Crippen LogP contribution < -0.4 is 0 Å². The zero-order chi connectivity index (χ0) is 21.3. The van der Waals surface area contributed by atoms with E-state index in [-0.39, 0.29) is 17.2 Å². The third kappa shape index (κ3) is 4.61. The van der Waals surface area contributed by atoms with Crippen LogP contribution in [0.4, 0.5) is 4.39 Å². The summed E-state index contributed by atoms with van der Waals surface area (Å²) in [6.45, 7) is 1.86. The van der Waals surface area contributed by atoms with Crippen LogP contribution in [0.3, 0.4) is 0 Å². The van der Waals surface area contributed by atoms with Gasteiger partial charge in [0.05, 0.1) is 15.8 Å². The lowest BCUT2D eigenvalue weighted by Crippen LogP contribution is -2.42. The highest BCUT2D eigenvalue weighted by Crippen LogP contribution is 2.41. The number of hydrogen-bond acceptors (Lipinski definition) is 3. The lowest BCUT2D eigenvalue weighted by molar-refractivity contribution is -0.128. The maximum atomic E-state index is 13.4. The molecule has 2 amide bonds. The molecule has 4 rings (SSSR count). The molecule has 2 aromatic carbocycles. The van der Waals surface area contributed by atoms with Crippen molar-refractivity contribution >= 4 is 46.8 Å². The minimum absolute atomic E-state index is 0.0702. The van der Waals surface area contributed by atoms with Gasteiger partial charge in [0.15, 0.2) is 0 Å². The summed E-state index contributed by atoms with van der Waals surface area (Å²) in [7, 11) is 0. The van der Waals surface area contributed by atoms with Crippen molar-refractivity contribution in [3.63, 3.8) is 0 Å². The summed E-state index contributed by atoms with van der Waals surface area (Å²) in [6, 6.07) is 11.3. The number of likely N-dealkylation sites (tertiary alicyclic amines) is 1. The SMILES string of the molecule is O=C(c1cccc(F)c1)N1CCC(CN2C(=O)CSC2c2ccc(Cl)c(Cl)c2)CC1. The number of thioether (sulfide) groups is 1. The van der Waals surface area contributed by atoms with E-state index in [1.54, 1.807) is 34.9 Å². The number of hydrogen-bond donors (Lipinski definition) is 0. The smallest absolute Gasteiger partial charge is 0.253 e. The van der Waals surface area contributed by atoms with Crippen molar-refractivity contribution in [3.8, 4) is 0 Å². The van der Waals surface area contributed by atoms with Crippen molar-refractivity contribution in [2.24, 2.45) is 5.92 Å². The van der Waals surface area contributed by atoms with Crippen molar-refractivity contribution in [2.75, 3.05) is 25.4 Å². The number of benzene rings is 2. The Kier molecular flexibility index (Phi) is 6.56. The van der Waals surface area contributed by atoms with Gasteiger partial charge in [-0.05, 0) is 54.7 Å². The van der Waals surface area contributed by atoms with Gasteiger partial charge >= 0.3 is 0 Å². The normalized spacial score (nSPS) is 20.1. The van der Waals surface area contributed by atoms with Crippen molar-refractivity contribution in [3.05, 3.63) is 69.5 Å². The molecule has 2 heterocycles. The summed E-state index contributed by atoms with van der Waals surface area (Å²) in [5, 5.41) is 0.911. The van der Waals surface area contributed by atoms with Gasteiger partial charge in [0, 0.05) is 25.2 Å². The number of carbonyl (C=O) groups is 2. The summed E-state index contributed by atoms with van der Waals surface area (Å²) < 4.78 is 13.4. The van der Waals surface area contributed by atoms with Crippen LogP contribution in [0.1, 0.15) is 34.1 Å². The maximum Gasteiger partial charge on any atom is 0.253 e. The van der Waals surface area contributed by atoms with Gasteiger partial charge in [0.1, 0.15) is 11.2 Å². The van der Waals surface area contributed by atoms with Gasteiger partial charge < -0.3 is 9.80 Å². The van der Waals surface area contributed by atoms with E-state index in [1.165, 1.54) is 12.1 Å². The summed E-state index contributed by atoms with van der Waals surface area (Å²) in [5.74, 6) is 0.328. The van der Waals surface area contributed by atoms with Gasteiger partial charge in [-0.1, -0.05) is 35.3 Å². The van der Waals surface area contributed by atoms with E-state index in [4.69, 9.17) is 23.2 Å². The van der Waals surface area contributed by atoms with Crippen LogP contribution in [0, 0.1) is 11.7 Å². The van der Waals surface area contributed by atoms with Crippen LogP contribution in [-0.4, -0.2) is 47.0 Å². The topological polar surface area (TPSA) is 40.6 Å². The fourth-order valence-electron chi connectivity index (χ4n) is 3.99. The first kappa shape index (κ1) is 21.5. The van der Waals surface area contributed by atoms with Gasteiger partial charge in [-0.3, -0.25) is 9.59 Å². The molecule has 2 aromatic rings. The maximum absolute atomic E-state index is 13.4. The first-order chi connectivity index (χ1) is 14.4. The minimum Gasteiger partial charge on any atom is -0.339 e. The van der Waals surface area contributed by atoms with Gasteiger partial charge in [0.2, 0.25) is 5.91 Å². The predicted molar refractivity (Wildman–Crippen MR) is 118 cm³/mol. The molecule has 2 aliphatic heterocycles. The Morgan fingerprint density at radius 3 is 2.57 bits per heavy atom. The molecular weight excluding hydrogens is 446 g/mol. The van der Waals surface area contributed by atoms with Crippen molar-refractivity contribution in [1.82, 2.24) is 9.80 Å². The molecule has 0 N–H and O–H groups in total. The highest BCUT2D eigenvalue weighted by atomic mass is 35.5. The molecule has 2 aliphatic rings. The summed E-state index contributed by atoms with van der Waals surface area (Å²) >= 11 is 13.8. The third-order valence-corrected chi connectivity index (χ3v) is 7.62. The zero-order valence-corrected chi connectivity index (χ0v) is 18.5. The molecule has 0 saturated carbocycles. The molecule has 158 valence electrons. The first-order valence-corrected chi connectivity index (χ1v) is 11.6. The van der Waals surface area contributed by atoms with Crippen LogP contribution in [0.15, 0.2) is 42.5 Å². The van der Waals surface area contributed by atoms with Crippen LogP contribution in [0.5, 0.6) is 0 Å². The number of rotatable bonds is 4. The van der Waals surface area contributed by atoms with Crippen molar-refractivity contribution in [2.45, 2.75) is 18.2 Å². The van der Waals surface area contributed by atoms with E-state index in [9.17, 15) is 14.0 Å². The van der Waals surface area contributed by atoms with Gasteiger partial charge in [-0.15, -0.1) is 11.8 Å². The number of piperidine rings is 1. The molecule has 2 fully saturated rings. The van der Waals surface area contributed by atoms with Crippen LogP contribution >= 0.6 is 35.0 Å². The molecule has 1 unspecified atom stereocenters. The van der Waals surface area contributed by atoms with E-state index in [0.29, 0.717) is 46.9 Å². The lowest BCUT2D eigenvalue weighted by atomic mass is 9.95. The highest BCUT2D eigenvalue weighted by Gasteiger charge is 2.35. The fraction of sp³-hybridized carbons (Fsp3) is 0.364. The molecule has 0 aromatic heterocycles. The average molecular weight is 467 g/mol. The Balaban J connectivity index is 1.38. The van der Waals surface area contributed by atoms with E-state index >= 15 is 0 Å². The van der Waals surface area contributed by atoms with Gasteiger partial charge in [0.25, 0.3) is 5.91 Å².